The van der Waals surface area contributed by atoms with Gasteiger partial charge in [0.05, 0.1) is 10.7 Å². The van der Waals surface area contributed by atoms with Gasteiger partial charge >= 0.3 is 0 Å². The van der Waals surface area contributed by atoms with E-state index >= 15 is 0 Å². The lowest BCUT2D eigenvalue weighted by Crippen LogP contribution is -2.40. The molecule has 0 radical (unpaired) electrons. The van der Waals surface area contributed by atoms with Crippen LogP contribution in [0.15, 0.2) is 30.3 Å². The molecular weight excluding hydrogens is 300 g/mol. The van der Waals surface area contributed by atoms with Crippen LogP contribution in [0.25, 0.3) is 11.3 Å². The fourth-order valence-corrected chi connectivity index (χ4v) is 2.44. The molecule has 2 rings (SSSR count). The maximum absolute atomic E-state index is 12.2. The molecule has 6 heteroatoms. The largest absolute Gasteiger partial charge is 0.347 e. The zero-order valence-corrected chi connectivity index (χ0v) is 13.4. The highest BCUT2D eigenvalue weighted by Gasteiger charge is 2.15. The van der Waals surface area contributed by atoms with E-state index in [1.54, 1.807) is 12.1 Å². The SMILES string of the molecule is CCCCC(CN)NC(=O)c1cc(-c2ccccc2Cl)n[nH]1. The van der Waals surface area contributed by atoms with Gasteiger partial charge < -0.3 is 11.1 Å². The number of amides is 1. The summed E-state index contributed by atoms with van der Waals surface area (Å²) >= 11 is 6.14. The minimum atomic E-state index is -0.197. The second-order valence-electron chi connectivity index (χ2n) is 5.20. The number of aromatic amines is 1. The summed E-state index contributed by atoms with van der Waals surface area (Å²) < 4.78 is 0. The lowest BCUT2D eigenvalue weighted by Gasteiger charge is -2.15. The first-order valence-electron chi connectivity index (χ1n) is 7.47. The summed E-state index contributed by atoms with van der Waals surface area (Å²) in [4.78, 5) is 12.2. The number of nitrogens with one attached hydrogen (secondary N) is 2. The quantitative estimate of drug-likeness (QED) is 0.733. The van der Waals surface area contributed by atoms with Gasteiger partial charge in [-0.2, -0.15) is 5.10 Å². The molecule has 0 saturated carbocycles. The summed E-state index contributed by atoms with van der Waals surface area (Å²) in [5.74, 6) is -0.197. The van der Waals surface area contributed by atoms with Gasteiger partial charge in [0, 0.05) is 18.2 Å². The number of hydrogen-bond acceptors (Lipinski definition) is 3. The number of carbonyl (C=O) groups excluding carboxylic acids is 1. The third-order valence-corrected chi connectivity index (χ3v) is 3.83. The van der Waals surface area contributed by atoms with E-state index in [0.29, 0.717) is 23.0 Å². The number of rotatable bonds is 7. The molecule has 1 atom stereocenters. The monoisotopic (exact) mass is 320 g/mol. The van der Waals surface area contributed by atoms with E-state index in [4.69, 9.17) is 17.3 Å². The van der Waals surface area contributed by atoms with Crippen molar-refractivity contribution >= 4 is 17.5 Å². The maximum Gasteiger partial charge on any atom is 0.269 e. The van der Waals surface area contributed by atoms with Gasteiger partial charge in [-0.25, -0.2) is 0 Å². The van der Waals surface area contributed by atoms with Crippen molar-refractivity contribution in [3.05, 3.63) is 41.0 Å². The van der Waals surface area contributed by atoms with Gasteiger partial charge in [0.15, 0.2) is 0 Å². The van der Waals surface area contributed by atoms with E-state index in [-0.39, 0.29) is 11.9 Å². The van der Waals surface area contributed by atoms with Crippen molar-refractivity contribution < 1.29 is 4.79 Å². The van der Waals surface area contributed by atoms with E-state index < -0.39 is 0 Å². The Labute approximate surface area is 135 Å². The summed E-state index contributed by atoms with van der Waals surface area (Å²) in [5, 5.41) is 10.4. The fraction of sp³-hybridized carbons (Fsp3) is 0.375. The minimum absolute atomic E-state index is 0.0143. The van der Waals surface area contributed by atoms with Crippen molar-refractivity contribution in [2.75, 3.05) is 6.54 Å². The van der Waals surface area contributed by atoms with E-state index in [2.05, 4.69) is 22.4 Å². The molecule has 118 valence electrons. The highest BCUT2D eigenvalue weighted by Crippen LogP contribution is 2.26. The van der Waals surface area contributed by atoms with Gasteiger partial charge in [-0.05, 0) is 18.6 Å². The molecule has 0 fully saturated rings. The Morgan fingerprint density at radius 2 is 2.23 bits per heavy atom. The molecule has 1 unspecified atom stereocenters. The maximum atomic E-state index is 12.2. The van der Waals surface area contributed by atoms with Crippen LogP contribution in [-0.4, -0.2) is 28.7 Å². The van der Waals surface area contributed by atoms with Crippen molar-refractivity contribution in [1.29, 1.82) is 0 Å². The van der Waals surface area contributed by atoms with Gasteiger partial charge in [-0.3, -0.25) is 9.89 Å². The number of nitrogens with zero attached hydrogens (tertiary/aromatic N) is 1. The number of benzene rings is 1. The predicted octanol–water partition coefficient (Wildman–Crippen LogP) is 2.98. The van der Waals surface area contributed by atoms with Gasteiger partial charge in [-0.1, -0.05) is 49.6 Å². The number of halogens is 1. The Hall–Kier alpha value is -1.85. The molecule has 4 N–H and O–H groups in total. The molecule has 2 aromatic rings. The topological polar surface area (TPSA) is 83.8 Å². The highest BCUT2D eigenvalue weighted by atomic mass is 35.5. The van der Waals surface area contributed by atoms with Crippen LogP contribution in [0.3, 0.4) is 0 Å². The molecule has 0 aliphatic carbocycles. The molecule has 0 saturated heterocycles. The van der Waals surface area contributed by atoms with Crippen LogP contribution in [0.2, 0.25) is 5.02 Å². The highest BCUT2D eigenvalue weighted by molar-refractivity contribution is 6.33. The molecule has 22 heavy (non-hydrogen) atoms. The first-order chi connectivity index (χ1) is 10.7. The van der Waals surface area contributed by atoms with Crippen LogP contribution >= 0.6 is 11.6 Å². The number of nitrogens with two attached hydrogens (primary N) is 1. The van der Waals surface area contributed by atoms with Crippen molar-refractivity contribution in [1.82, 2.24) is 15.5 Å². The van der Waals surface area contributed by atoms with Crippen LogP contribution in [0.1, 0.15) is 36.7 Å². The molecular formula is C16H21ClN4O. The van der Waals surface area contributed by atoms with Crippen LogP contribution in [0.5, 0.6) is 0 Å². The zero-order chi connectivity index (χ0) is 15.9. The van der Waals surface area contributed by atoms with Crippen LogP contribution < -0.4 is 11.1 Å². The lowest BCUT2D eigenvalue weighted by atomic mass is 10.1. The average Bonchev–Trinajstić information content (AvgIpc) is 3.01. The molecule has 1 aromatic heterocycles. The second kappa shape index (κ2) is 7.96. The number of hydrogen-bond donors (Lipinski definition) is 3. The Morgan fingerprint density at radius 1 is 1.45 bits per heavy atom. The van der Waals surface area contributed by atoms with Gasteiger partial charge in [0.1, 0.15) is 5.69 Å². The summed E-state index contributed by atoms with van der Waals surface area (Å²) in [6.45, 7) is 2.54. The molecule has 0 bridgehead atoms. The number of unbranched alkanes of at least 4 members (excludes halogenated alkanes) is 1. The molecule has 0 aliphatic heterocycles. The standard InChI is InChI=1S/C16H21ClN4O/c1-2-3-6-11(10-18)19-16(22)15-9-14(20-21-15)12-7-4-5-8-13(12)17/h4-5,7-9,11H,2-3,6,10,18H2,1H3,(H,19,22)(H,20,21). The molecule has 1 amide bonds. The summed E-state index contributed by atoms with van der Waals surface area (Å²) in [6.07, 6.45) is 2.99. The van der Waals surface area contributed by atoms with Crippen molar-refractivity contribution in [3.63, 3.8) is 0 Å². The van der Waals surface area contributed by atoms with Crippen LogP contribution in [0, 0.1) is 0 Å². The number of carbonyl (C=O) groups is 1. The van der Waals surface area contributed by atoms with Crippen molar-refractivity contribution in [2.24, 2.45) is 5.73 Å². The Morgan fingerprint density at radius 3 is 2.91 bits per heavy atom. The van der Waals surface area contributed by atoms with Crippen LogP contribution in [-0.2, 0) is 0 Å². The Kier molecular flexibility index (Phi) is 5.98. The average molecular weight is 321 g/mol. The normalized spacial score (nSPS) is 12.1. The van der Waals surface area contributed by atoms with E-state index in [1.165, 1.54) is 0 Å². The van der Waals surface area contributed by atoms with E-state index in [1.807, 2.05) is 18.2 Å². The molecule has 1 heterocycles. The van der Waals surface area contributed by atoms with Crippen molar-refractivity contribution in [2.45, 2.75) is 32.2 Å². The first-order valence-corrected chi connectivity index (χ1v) is 7.84. The summed E-state index contributed by atoms with van der Waals surface area (Å²) in [5.41, 5.74) is 7.54. The zero-order valence-electron chi connectivity index (χ0n) is 12.6. The molecule has 1 aromatic carbocycles. The second-order valence-corrected chi connectivity index (χ2v) is 5.60. The van der Waals surface area contributed by atoms with E-state index in [9.17, 15) is 4.79 Å². The lowest BCUT2D eigenvalue weighted by molar-refractivity contribution is 0.0930. The Bertz CT molecular complexity index is 626. The smallest absolute Gasteiger partial charge is 0.269 e. The number of aromatic nitrogens is 2. The first kappa shape index (κ1) is 16.5. The minimum Gasteiger partial charge on any atom is -0.347 e. The number of H-pyrrole nitrogens is 1. The van der Waals surface area contributed by atoms with Crippen molar-refractivity contribution in [3.8, 4) is 11.3 Å². The van der Waals surface area contributed by atoms with Crippen LogP contribution in [0.4, 0.5) is 0 Å². The molecule has 0 aliphatic rings. The third-order valence-electron chi connectivity index (χ3n) is 3.50. The fourth-order valence-electron chi connectivity index (χ4n) is 2.21. The van der Waals surface area contributed by atoms with E-state index in [0.717, 1.165) is 24.8 Å². The Balaban J connectivity index is 2.07. The molecule has 5 nitrogen and oxygen atoms in total. The third kappa shape index (κ3) is 4.08. The predicted molar refractivity (Wildman–Crippen MR) is 88.9 cm³/mol. The van der Waals surface area contributed by atoms with Gasteiger partial charge in [0.25, 0.3) is 5.91 Å². The summed E-state index contributed by atoms with van der Waals surface area (Å²) in [7, 11) is 0. The molecule has 0 spiro atoms. The van der Waals surface area contributed by atoms with Gasteiger partial charge in [-0.15, -0.1) is 0 Å². The van der Waals surface area contributed by atoms with Gasteiger partial charge in [0.2, 0.25) is 0 Å². The summed E-state index contributed by atoms with van der Waals surface area (Å²) in [6, 6.07) is 9.07.